The van der Waals surface area contributed by atoms with E-state index in [0.29, 0.717) is 17.9 Å². The summed E-state index contributed by atoms with van der Waals surface area (Å²) in [5.74, 6) is 1.96. The van der Waals surface area contributed by atoms with Crippen LogP contribution in [-0.4, -0.2) is 24.3 Å². The third-order valence-corrected chi connectivity index (χ3v) is 4.21. The standard InChI is InChI=1S/C18H23NO3/c1-12-6-4-7-14(10-12)18-19-17(13(2)21-18)22-16-9-5-8-15(11-16)20-3/h4,6-7,10,15-16H,5,8-9,11H2,1-3H3. The number of methoxy groups -OCH3 is 1. The molecule has 0 aliphatic heterocycles. The predicted octanol–water partition coefficient (Wildman–Crippen LogP) is 4.29. The largest absolute Gasteiger partial charge is 0.472 e. The molecule has 1 saturated carbocycles. The normalized spacial score (nSPS) is 21.8. The Bertz CT molecular complexity index is 635. The zero-order chi connectivity index (χ0) is 15.5. The number of hydrogen-bond donors (Lipinski definition) is 0. The molecule has 1 fully saturated rings. The molecule has 0 saturated heterocycles. The van der Waals surface area contributed by atoms with E-state index in [1.165, 1.54) is 5.56 Å². The fourth-order valence-electron chi connectivity index (χ4n) is 2.97. The summed E-state index contributed by atoms with van der Waals surface area (Å²) < 4.78 is 17.3. The highest BCUT2D eigenvalue weighted by atomic mass is 16.5. The van der Waals surface area contributed by atoms with E-state index in [2.05, 4.69) is 24.0 Å². The van der Waals surface area contributed by atoms with Gasteiger partial charge in [0.15, 0.2) is 5.76 Å². The molecule has 1 aromatic heterocycles. The fraction of sp³-hybridized carbons (Fsp3) is 0.500. The quantitative estimate of drug-likeness (QED) is 0.844. The molecule has 4 heteroatoms. The van der Waals surface area contributed by atoms with Gasteiger partial charge in [0.1, 0.15) is 6.10 Å². The average Bonchev–Trinajstić information content (AvgIpc) is 2.89. The lowest BCUT2D eigenvalue weighted by Gasteiger charge is -2.27. The molecule has 0 bridgehead atoms. The van der Waals surface area contributed by atoms with Gasteiger partial charge in [0.05, 0.1) is 6.10 Å². The molecule has 118 valence electrons. The molecule has 1 aromatic carbocycles. The van der Waals surface area contributed by atoms with E-state index >= 15 is 0 Å². The molecular weight excluding hydrogens is 278 g/mol. The summed E-state index contributed by atoms with van der Waals surface area (Å²) >= 11 is 0. The Kier molecular flexibility index (Phi) is 4.48. The summed E-state index contributed by atoms with van der Waals surface area (Å²) in [6, 6.07) is 8.14. The average molecular weight is 301 g/mol. The number of hydrogen-bond acceptors (Lipinski definition) is 4. The highest BCUT2D eigenvalue weighted by molar-refractivity contribution is 5.55. The third-order valence-electron chi connectivity index (χ3n) is 4.21. The second-order valence-corrected chi connectivity index (χ2v) is 6.01. The summed E-state index contributed by atoms with van der Waals surface area (Å²) in [5.41, 5.74) is 2.17. The molecule has 0 N–H and O–H groups in total. The Morgan fingerprint density at radius 3 is 2.77 bits per heavy atom. The van der Waals surface area contributed by atoms with Gasteiger partial charge in [-0.15, -0.1) is 0 Å². The van der Waals surface area contributed by atoms with Gasteiger partial charge in [-0.25, -0.2) is 0 Å². The molecule has 2 atom stereocenters. The topological polar surface area (TPSA) is 44.5 Å². The van der Waals surface area contributed by atoms with Gasteiger partial charge in [0.25, 0.3) is 5.88 Å². The number of benzene rings is 1. The van der Waals surface area contributed by atoms with Crippen molar-refractivity contribution in [2.24, 2.45) is 0 Å². The van der Waals surface area contributed by atoms with Gasteiger partial charge >= 0.3 is 0 Å². The molecule has 2 unspecified atom stereocenters. The lowest BCUT2D eigenvalue weighted by Crippen LogP contribution is -2.29. The monoisotopic (exact) mass is 301 g/mol. The first-order valence-corrected chi connectivity index (χ1v) is 7.89. The highest BCUT2D eigenvalue weighted by Crippen LogP contribution is 2.30. The molecule has 0 spiro atoms. The van der Waals surface area contributed by atoms with Crippen molar-refractivity contribution in [3.8, 4) is 17.3 Å². The van der Waals surface area contributed by atoms with E-state index in [1.54, 1.807) is 7.11 Å². The molecule has 4 nitrogen and oxygen atoms in total. The number of nitrogens with zero attached hydrogens (tertiary/aromatic N) is 1. The minimum absolute atomic E-state index is 0.160. The zero-order valence-corrected chi connectivity index (χ0v) is 13.5. The lowest BCUT2D eigenvalue weighted by atomic mass is 9.95. The molecule has 1 aliphatic carbocycles. The molecule has 0 radical (unpaired) electrons. The highest BCUT2D eigenvalue weighted by Gasteiger charge is 2.25. The first kappa shape index (κ1) is 15.1. The molecule has 1 aliphatic rings. The van der Waals surface area contributed by atoms with E-state index in [0.717, 1.165) is 37.0 Å². The number of ether oxygens (including phenoxy) is 2. The maximum Gasteiger partial charge on any atom is 0.256 e. The minimum atomic E-state index is 0.160. The van der Waals surface area contributed by atoms with Crippen LogP contribution in [0.1, 0.15) is 37.0 Å². The SMILES string of the molecule is COC1CCCC(Oc2nc(-c3cccc(C)c3)oc2C)C1. The summed E-state index contributed by atoms with van der Waals surface area (Å²) in [6.07, 6.45) is 4.66. The lowest BCUT2D eigenvalue weighted by molar-refractivity contribution is 0.0192. The van der Waals surface area contributed by atoms with Crippen LogP contribution < -0.4 is 4.74 Å². The van der Waals surface area contributed by atoms with Crippen LogP contribution in [0.2, 0.25) is 0 Å². The van der Waals surface area contributed by atoms with E-state index in [9.17, 15) is 0 Å². The van der Waals surface area contributed by atoms with Gasteiger partial charge in [0.2, 0.25) is 5.89 Å². The van der Waals surface area contributed by atoms with Crippen molar-refractivity contribution in [1.82, 2.24) is 4.98 Å². The van der Waals surface area contributed by atoms with Crippen molar-refractivity contribution >= 4 is 0 Å². The molecule has 0 amide bonds. The van der Waals surface area contributed by atoms with E-state index in [4.69, 9.17) is 13.9 Å². The van der Waals surface area contributed by atoms with Gasteiger partial charge in [-0.05, 0) is 45.2 Å². The van der Waals surface area contributed by atoms with E-state index in [-0.39, 0.29) is 6.10 Å². The van der Waals surface area contributed by atoms with Gasteiger partial charge in [-0.1, -0.05) is 17.7 Å². The Morgan fingerprint density at radius 1 is 1.18 bits per heavy atom. The maximum atomic E-state index is 6.07. The first-order chi connectivity index (χ1) is 10.7. The molecule has 3 rings (SSSR count). The van der Waals surface area contributed by atoms with Gasteiger partial charge in [-0.2, -0.15) is 4.98 Å². The molecule has 22 heavy (non-hydrogen) atoms. The van der Waals surface area contributed by atoms with E-state index < -0.39 is 0 Å². The van der Waals surface area contributed by atoms with Crippen molar-refractivity contribution in [2.75, 3.05) is 7.11 Å². The number of oxazole rings is 1. The zero-order valence-electron chi connectivity index (χ0n) is 13.5. The predicted molar refractivity (Wildman–Crippen MR) is 85.1 cm³/mol. The Balaban J connectivity index is 1.75. The summed E-state index contributed by atoms with van der Waals surface area (Å²) in [7, 11) is 1.77. The molecule has 1 heterocycles. The van der Waals surface area contributed by atoms with Crippen LogP contribution in [0.4, 0.5) is 0 Å². The summed E-state index contributed by atoms with van der Waals surface area (Å²) in [4.78, 5) is 4.54. The third kappa shape index (κ3) is 3.33. The van der Waals surface area contributed by atoms with Crippen LogP contribution in [0.25, 0.3) is 11.5 Å². The first-order valence-electron chi connectivity index (χ1n) is 7.89. The Morgan fingerprint density at radius 2 is 2.00 bits per heavy atom. The van der Waals surface area contributed by atoms with Crippen molar-refractivity contribution < 1.29 is 13.9 Å². The van der Waals surface area contributed by atoms with Gasteiger partial charge < -0.3 is 13.9 Å². The summed E-state index contributed by atoms with van der Waals surface area (Å²) in [6.45, 7) is 3.96. The smallest absolute Gasteiger partial charge is 0.256 e. The van der Waals surface area contributed by atoms with Crippen LogP contribution in [0.3, 0.4) is 0 Å². The van der Waals surface area contributed by atoms with Crippen LogP contribution in [0.5, 0.6) is 5.88 Å². The number of aryl methyl sites for hydroxylation is 2. The summed E-state index contributed by atoms with van der Waals surface area (Å²) in [5, 5.41) is 0. The van der Waals surface area contributed by atoms with Gasteiger partial charge in [-0.3, -0.25) is 0 Å². The van der Waals surface area contributed by atoms with Crippen LogP contribution in [0, 0.1) is 13.8 Å². The van der Waals surface area contributed by atoms with Crippen molar-refractivity contribution in [2.45, 2.75) is 51.7 Å². The van der Waals surface area contributed by atoms with Crippen molar-refractivity contribution in [3.05, 3.63) is 35.6 Å². The minimum Gasteiger partial charge on any atom is -0.472 e. The second kappa shape index (κ2) is 6.53. The molecular formula is C18H23NO3. The van der Waals surface area contributed by atoms with Crippen LogP contribution in [-0.2, 0) is 4.74 Å². The van der Waals surface area contributed by atoms with Gasteiger partial charge in [0, 0.05) is 19.1 Å². The van der Waals surface area contributed by atoms with E-state index in [1.807, 2.05) is 19.1 Å². The van der Waals surface area contributed by atoms with Crippen molar-refractivity contribution in [1.29, 1.82) is 0 Å². The van der Waals surface area contributed by atoms with Crippen LogP contribution >= 0.6 is 0 Å². The number of rotatable bonds is 4. The Labute approximate surface area is 131 Å². The van der Waals surface area contributed by atoms with Crippen LogP contribution in [0.15, 0.2) is 28.7 Å². The Hall–Kier alpha value is -1.81. The number of aromatic nitrogens is 1. The fourth-order valence-corrected chi connectivity index (χ4v) is 2.97. The second-order valence-electron chi connectivity index (χ2n) is 6.01. The molecule has 2 aromatic rings. The van der Waals surface area contributed by atoms with Crippen molar-refractivity contribution in [3.63, 3.8) is 0 Å². The maximum absolute atomic E-state index is 6.07.